The van der Waals surface area contributed by atoms with E-state index in [4.69, 9.17) is 0 Å². The van der Waals surface area contributed by atoms with Gasteiger partial charge in [0.2, 0.25) is 0 Å². The molecule has 0 saturated heterocycles. The van der Waals surface area contributed by atoms with Gasteiger partial charge in [0.25, 0.3) is 0 Å². The van der Waals surface area contributed by atoms with Gasteiger partial charge in [-0.25, -0.2) is 0 Å². The highest BCUT2D eigenvalue weighted by atomic mass is 14.9. The molecule has 1 N–H and O–H groups in total. The molecule has 0 radical (unpaired) electrons. The van der Waals surface area contributed by atoms with Crippen LogP contribution < -0.4 is 5.32 Å². The summed E-state index contributed by atoms with van der Waals surface area (Å²) in [6.07, 6.45) is 24.2. The first kappa shape index (κ1) is 25.2. The average Bonchev–Trinajstić information content (AvgIpc) is 2.74. The van der Waals surface area contributed by atoms with Crippen LogP contribution in [0.5, 0.6) is 0 Å². The van der Waals surface area contributed by atoms with Gasteiger partial charge in [0.1, 0.15) is 0 Å². The van der Waals surface area contributed by atoms with Crippen molar-refractivity contribution in [3.8, 4) is 0 Å². The van der Waals surface area contributed by atoms with Crippen LogP contribution in [-0.2, 0) is 5.54 Å². The van der Waals surface area contributed by atoms with E-state index in [9.17, 15) is 0 Å². The zero-order valence-electron chi connectivity index (χ0n) is 19.4. The molecule has 0 aliphatic rings. The zero-order chi connectivity index (χ0) is 20.3. The van der Waals surface area contributed by atoms with Crippen LogP contribution in [0.1, 0.15) is 129 Å². The molecule has 0 saturated carbocycles. The third kappa shape index (κ3) is 11.9. The van der Waals surface area contributed by atoms with Gasteiger partial charge in [-0.2, -0.15) is 0 Å². The molecule has 1 rings (SSSR count). The van der Waals surface area contributed by atoms with E-state index in [-0.39, 0.29) is 5.54 Å². The van der Waals surface area contributed by atoms with E-state index in [1.54, 1.807) is 0 Å². The third-order valence-corrected chi connectivity index (χ3v) is 6.49. The van der Waals surface area contributed by atoms with E-state index in [1.807, 2.05) is 0 Å². The van der Waals surface area contributed by atoms with E-state index in [2.05, 4.69) is 56.5 Å². The predicted molar refractivity (Wildman–Crippen MR) is 127 cm³/mol. The Labute approximate surface area is 177 Å². The van der Waals surface area contributed by atoms with Crippen LogP contribution in [0.15, 0.2) is 30.3 Å². The van der Waals surface area contributed by atoms with Gasteiger partial charge in [-0.3, -0.25) is 0 Å². The highest BCUT2D eigenvalue weighted by Gasteiger charge is 2.23. The topological polar surface area (TPSA) is 12.0 Å². The summed E-state index contributed by atoms with van der Waals surface area (Å²) < 4.78 is 0. The van der Waals surface area contributed by atoms with Gasteiger partial charge < -0.3 is 5.32 Å². The lowest BCUT2D eigenvalue weighted by Gasteiger charge is -2.30. The van der Waals surface area contributed by atoms with Crippen LogP contribution in [0.3, 0.4) is 0 Å². The first-order chi connectivity index (χ1) is 13.7. The van der Waals surface area contributed by atoms with Gasteiger partial charge in [-0.05, 0) is 26.0 Å². The molecule has 0 aromatic heterocycles. The molecule has 1 unspecified atom stereocenters. The molecule has 28 heavy (non-hydrogen) atoms. The molecule has 0 aliphatic heterocycles. The second kappa shape index (κ2) is 17.1. The van der Waals surface area contributed by atoms with E-state index >= 15 is 0 Å². The zero-order valence-corrected chi connectivity index (χ0v) is 19.4. The van der Waals surface area contributed by atoms with Crippen molar-refractivity contribution in [2.24, 2.45) is 0 Å². The Hall–Kier alpha value is -0.820. The summed E-state index contributed by atoms with van der Waals surface area (Å²) >= 11 is 0. The van der Waals surface area contributed by atoms with E-state index < -0.39 is 0 Å². The molecule has 162 valence electrons. The predicted octanol–water partition coefficient (Wildman–Crippen LogP) is 8.77. The number of unbranched alkanes of at least 4 members (excludes halogenated alkanes) is 15. The van der Waals surface area contributed by atoms with Gasteiger partial charge >= 0.3 is 0 Å². The Morgan fingerprint density at radius 3 is 1.39 bits per heavy atom. The Kier molecular flexibility index (Phi) is 15.4. The normalized spacial score (nSPS) is 13.5. The SMILES string of the molecule is CCCCCCCCCCCCCCCCCCC(C)(NC)c1ccccc1. The lowest BCUT2D eigenvalue weighted by Crippen LogP contribution is -2.36. The fourth-order valence-corrected chi connectivity index (χ4v) is 4.25. The molecule has 0 spiro atoms. The van der Waals surface area contributed by atoms with Gasteiger partial charge in [0.05, 0.1) is 0 Å². The van der Waals surface area contributed by atoms with Gasteiger partial charge in [-0.1, -0.05) is 140 Å². The van der Waals surface area contributed by atoms with Gasteiger partial charge in [0.15, 0.2) is 0 Å². The standard InChI is InChI=1S/C27H49N/c1-4-5-6-7-8-9-10-11-12-13-14-15-16-17-18-22-25-27(2,28-3)26-23-20-19-21-24-26/h19-21,23-24,28H,4-18,22,25H2,1-3H3. The van der Waals surface area contributed by atoms with Crippen molar-refractivity contribution in [3.05, 3.63) is 35.9 Å². The van der Waals surface area contributed by atoms with Crippen LogP contribution in [-0.4, -0.2) is 7.05 Å². The summed E-state index contributed by atoms with van der Waals surface area (Å²) in [6, 6.07) is 10.9. The molecule has 0 fully saturated rings. The Balaban J connectivity index is 1.89. The van der Waals surface area contributed by atoms with Crippen molar-refractivity contribution in [2.45, 2.75) is 129 Å². The maximum Gasteiger partial charge on any atom is 0.0403 e. The molecule has 1 aromatic rings. The quantitative estimate of drug-likeness (QED) is 0.234. The molecule has 1 nitrogen and oxygen atoms in total. The molecule has 1 aromatic carbocycles. The van der Waals surface area contributed by atoms with E-state index in [0.717, 1.165) is 0 Å². The second-order valence-corrected chi connectivity index (χ2v) is 9.00. The van der Waals surface area contributed by atoms with E-state index in [1.165, 1.54) is 115 Å². The van der Waals surface area contributed by atoms with Crippen molar-refractivity contribution in [1.82, 2.24) is 5.32 Å². The largest absolute Gasteiger partial charge is 0.311 e. The second-order valence-electron chi connectivity index (χ2n) is 9.00. The summed E-state index contributed by atoms with van der Waals surface area (Å²) in [5.74, 6) is 0. The minimum atomic E-state index is 0.122. The van der Waals surface area contributed by atoms with Gasteiger partial charge in [0, 0.05) is 5.54 Å². The molecule has 0 heterocycles. The van der Waals surface area contributed by atoms with Gasteiger partial charge in [-0.15, -0.1) is 0 Å². The fourth-order valence-electron chi connectivity index (χ4n) is 4.25. The first-order valence-electron chi connectivity index (χ1n) is 12.5. The fraction of sp³-hybridized carbons (Fsp3) is 0.778. The molecule has 1 atom stereocenters. The number of hydrogen-bond donors (Lipinski definition) is 1. The summed E-state index contributed by atoms with van der Waals surface area (Å²) in [5, 5.41) is 3.55. The summed E-state index contributed by atoms with van der Waals surface area (Å²) in [5.41, 5.74) is 1.54. The summed E-state index contributed by atoms with van der Waals surface area (Å²) in [6.45, 7) is 4.64. The van der Waals surface area contributed by atoms with Crippen molar-refractivity contribution in [1.29, 1.82) is 0 Å². The Morgan fingerprint density at radius 1 is 0.607 bits per heavy atom. The van der Waals surface area contributed by atoms with E-state index in [0.29, 0.717) is 0 Å². The first-order valence-corrected chi connectivity index (χ1v) is 12.5. The Morgan fingerprint density at radius 2 is 1.00 bits per heavy atom. The third-order valence-electron chi connectivity index (χ3n) is 6.49. The maximum atomic E-state index is 3.55. The lowest BCUT2D eigenvalue weighted by molar-refractivity contribution is 0.351. The smallest absolute Gasteiger partial charge is 0.0403 e. The lowest BCUT2D eigenvalue weighted by atomic mass is 9.86. The molecule has 0 aliphatic carbocycles. The minimum Gasteiger partial charge on any atom is -0.311 e. The molecular weight excluding hydrogens is 338 g/mol. The highest BCUT2D eigenvalue weighted by Crippen LogP contribution is 2.26. The molecule has 0 amide bonds. The van der Waals surface area contributed by atoms with Crippen molar-refractivity contribution in [3.63, 3.8) is 0 Å². The van der Waals surface area contributed by atoms with Crippen LogP contribution in [0, 0.1) is 0 Å². The minimum absolute atomic E-state index is 0.122. The van der Waals surface area contributed by atoms with Crippen molar-refractivity contribution >= 4 is 0 Å². The highest BCUT2D eigenvalue weighted by molar-refractivity contribution is 5.23. The number of hydrogen-bond acceptors (Lipinski definition) is 1. The van der Waals surface area contributed by atoms with Crippen LogP contribution in [0.4, 0.5) is 0 Å². The number of nitrogens with one attached hydrogen (secondary N) is 1. The number of rotatable bonds is 19. The maximum absolute atomic E-state index is 3.55. The molecule has 0 bridgehead atoms. The van der Waals surface area contributed by atoms with Crippen LogP contribution in [0.2, 0.25) is 0 Å². The average molecular weight is 388 g/mol. The van der Waals surface area contributed by atoms with Crippen LogP contribution >= 0.6 is 0 Å². The van der Waals surface area contributed by atoms with Crippen molar-refractivity contribution in [2.75, 3.05) is 7.05 Å². The Bertz CT molecular complexity index is 441. The summed E-state index contributed by atoms with van der Waals surface area (Å²) in [7, 11) is 2.10. The molecular formula is C27H49N. The monoisotopic (exact) mass is 387 g/mol. The van der Waals surface area contributed by atoms with Crippen molar-refractivity contribution < 1.29 is 0 Å². The molecule has 1 heteroatoms. The number of benzene rings is 1. The summed E-state index contributed by atoms with van der Waals surface area (Å²) in [4.78, 5) is 0. The van der Waals surface area contributed by atoms with Crippen LogP contribution in [0.25, 0.3) is 0 Å².